The molecule has 0 saturated carbocycles. The molecular formula is C13H19FN2O2S. The molecule has 0 amide bonds. The van der Waals surface area contributed by atoms with Gasteiger partial charge in [0.1, 0.15) is 5.82 Å². The van der Waals surface area contributed by atoms with Crippen molar-refractivity contribution in [2.24, 2.45) is 5.73 Å². The minimum absolute atomic E-state index is 0.109. The quantitative estimate of drug-likeness (QED) is 0.898. The molecule has 19 heavy (non-hydrogen) atoms. The van der Waals surface area contributed by atoms with Gasteiger partial charge in [-0.1, -0.05) is 18.2 Å². The number of rotatable bonds is 3. The van der Waals surface area contributed by atoms with Crippen molar-refractivity contribution >= 4 is 9.84 Å². The standard InChI is InChI=1S/C13H19FN2O2S/c1-10-9-19(17,18)7-6-16(10)13(8-15)11-4-2-3-5-12(11)14/h2-5,10,13H,6-9,15H2,1H3. The Morgan fingerprint density at radius 3 is 2.74 bits per heavy atom. The average molecular weight is 286 g/mol. The molecule has 0 bridgehead atoms. The van der Waals surface area contributed by atoms with Crippen LogP contribution in [0.4, 0.5) is 4.39 Å². The molecule has 1 heterocycles. The molecule has 2 rings (SSSR count). The minimum atomic E-state index is -2.98. The molecule has 4 nitrogen and oxygen atoms in total. The molecule has 1 aromatic rings. The third-order valence-corrected chi connectivity index (χ3v) is 5.40. The summed E-state index contributed by atoms with van der Waals surface area (Å²) in [4.78, 5) is 1.99. The van der Waals surface area contributed by atoms with E-state index in [9.17, 15) is 12.8 Å². The first kappa shape index (κ1) is 14.4. The van der Waals surface area contributed by atoms with Gasteiger partial charge in [-0.25, -0.2) is 12.8 Å². The number of hydrogen-bond acceptors (Lipinski definition) is 4. The van der Waals surface area contributed by atoms with Crippen molar-refractivity contribution in [3.8, 4) is 0 Å². The summed E-state index contributed by atoms with van der Waals surface area (Å²) in [7, 11) is -2.98. The highest BCUT2D eigenvalue weighted by molar-refractivity contribution is 7.91. The predicted octanol–water partition coefficient (Wildman–Crippen LogP) is 0.944. The molecule has 106 valence electrons. The number of sulfone groups is 1. The zero-order valence-electron chi connectivity index (χ0n) is 10.9. The van der Waals surface area contributed by atoms with E-state index in [-0.39, 0.29) is 36.0 Å². The molecule has 2 unspecified atom stereocenters. The Hall–Kier alpha value is -0.980. The highest BCUT2D eigenvalue weighted by Gasteiger charge is 2.33. The van der Waals surface area contributed by atoms with Gasteiger partial charge < -0.3 is 5.73 Å². The Morgan fingerprint density at radius 1 is 1.47 bits per heavy atom. The van der Waals surface area contributed by atoms with Gasteiger partial charge in [0.2, 0.25) is 0 Å². The monoisotopic (exact) mass is 286 g/mol. The van der Waals surface area contributed by atoms with Crippen LogP contribution in [0.25, 0.3) is 0 Å². The largest absolute Gasteiger partial charge is 0.329 e. The van der Waals surface area contributed by atoms with Crippen molar-refractivity contribution in [2.75, 3.05) is 24.6 Å². The molecule has 1 aliphatic rings. The fourth-order valence-electron chi connectivity index (χ4n) is 2.66. The van der Waals surface area contributed by atoms with E-state index in [2.05, 4.69) is 0 Å². The first-order chi connectivity index (χ1) is 8.94. The highest BCUT2D eigenvalue weighted by atomic mass is 32.2. The van der Waals surface area contributed by atoms with Crippen molar-refractivity contribution in [3.05, 3.63) is 35.6 Å². The van der Waals surface area contributed by atoms with Crippen LogP contribution >= 0.6 is 0 Å². The Kier molecular flexibility index (Phi) is 4.23. The SMILES string of the molecule is CC1CS(=O)(=O)CCN1C(CN)c1ccccc1F. The summed E-state index contributed by atoms with van der Waals surface area (Å²) in [5, 5.41) is 0. The van der Waals surface area contributed by atoms with E-state index >= 15 is 0 Å². The number of hydrogen-bond donors (Lipinski definition) is 1. The zero-order valence-corrected chi connectivity index (χ0v) is 11.7. The molecule has 1 aliphatic heterocycles. The molecule has 0 spiro atoms. The van der Waals surface area contributed by atoms with Gasteiger partial charge in [-0.3, -0.25) is 4.90 Å². The van der Waals surface area contributed by atoms with Gasteiger partial charge in [0, 0.05) is 24.7 Å². The molecular weight excluding hydrogens is 267 g/mol. The van der Waals surface area contributed by atoms with E-state index in [0.717, 1.165) is 0 Å². The average Bonchev–Trinajstić information content (AvgIpc) is 2.34. The Bertz CT molecular complexity index is 547. The lowest BCUT2D eigenvalue weighted by Gasteiger charge is -2.39. The first-order valence-electron chi connectivity index (χ1n) is 6.35. The normalized spacial score (nSPS) is 25.1. The smallest absolute Gasteiger partial charge is 0.153 e. The number of nitrogens with zero attached hydrogens (tertiary/aromatic N) is 1. The van der Waals surface area contributed by atoms with E-state index < -0.39 is 9.84 Å². The molecule has 0 aromatic heterocycles. The molecule has 1 fully saturated rings. The van der Waals surface area contributed by atoms with Gasteiger partial charge in [0.05, 0.1) is 17.5 Å². The Balaban J connectivity index is 2.26. The second-order valence-electron chi connectivity index (χ2n) is 4.97. The van der Waals surface area contributed by atoms with Gasteiger partial charge in [-0.15, -0.1) is 0 Å². The van der Waals surface area contributed by atoms with Crippen LogP contribution in [-0.4, -0.2) is 44.0 Å². The lowest BCUT2D eigenvalue weighted by Crippen LogP contribution is -2.50. The van der Waals surface area contributed by atoms with E-state index in [0.29, 0.717) is 12.1 Å². The molecule has 2 atom stereocenters. The van der Waals surface area contributed by atoms with Gasteiger partial charge in [0.25, 0.3) is 0 Å². The number of nitrogens with two attached hydrogens (primary N) is 1. The van der Waals surface area contributed by atoms with Crippen molar-refractivity contribution in [2.45, 2.75) is 19.0 Å². The fourth-order valence-corrected chi connectivity index (χ4v) is 4.24. The summed E-state index contributed by atoms with van der Waals surface area (Å²) in [5.74, 6) is -0.0705. The van der Waals surface area contributed by atoms with E-state index in [4.69, 9.17) is 5.73 Å². The summed E-state index contributed by atoms with van der Waals surface area (Å²) in [5.41, 5.74) is 6.31. The van der Waals surface area contributed by atoms with Crippen molar-refractivity contribution < 1.29 is 12.8 Å². The van der Waals surface area contributed by atoms with Gasteiger partial charge >= 0.3 is 0 Å². The van der Waals surface area contributed by atoms with Crippen molar-refractivity contribution in [1.29, 1.82) is 0 Å². The van der Waals surface area contributed by atoms with Crippen molar-refractivity contribution in [1.82, 2.24) is 4.90 Å². The summed E-state index contributed by atoms with van der Waals surface area (Å²) < 4.78 is 37.0. The predicted molar refractivity (Wildman–Crippen MR) is 73.0 cm³/mol. The third kappa shape index (κ3) is 3.13. The summed E-state index contributed by atoms with van der Waals surface area (Å²) >= 11 is 0. The van der Waals surface area contributed by atoms with Crippen LogP contribution in [-0.2, 0) is 9.84 Å². The fraction of sp³-hybridized carbons (Fsp3) is 0.538. The third-order valence-electron chi connectivity index (χ3n) is 3.61. The van der Waals surface area contributed by atoms with E-state index in [1.54, 1.807) is 18.2 Å². The second-order valence-corrected chi connectivity index (χ2v) is 7.20. The van der Waals surface area contributed by atoms with Crippen LogP contribution < -0.4 is 5.73 Å². The summed E-state index contributed by atoms with van der Waals surface area (Å²) in [6.45, 7) is 2.52. The maximum atomic E-state index is 13.9. The van der Waals surface area contributed by atoms with E-state index in [1.165, 1.54) is 6.07 Å². The topological polar surface area (TPSA) is 63.4 Å². The Morgan fingerprint density at radius 2 is 2.16 bits per heavy atom. The Labute approximate surface area is 113 Å². The molecule has 0 aliphatic carbocycles. The van der Waals surface area contributed by atoms with Crippen LogP contribution in [0, 0.1) is 5.82 Å². The van der Waals surface area contributed by atoms with Crippen LogP contribution in [0.3, 0.4) is 0 Å². The molecule has 1 saturated heterocycles. The van der Waals surface area contributed by atoms with Crippen molar-refractivity contribution in [3.63, 3.8) is 0 Å². The number of benzene rings is 1. The van der Waals surface area contributed by atoms with Crippen LogP contribution in [0.1, 0.15) is 18.5 Å². The van der Waals surface area contributed by atoms with Crippen LogP contribution in [0.15, 0.2) is 24.3 Å². The maximum Gasteiger partial charge on any atom is 0.153 e. The second kappa shape index (κ2) is 5.56. The van der Waals surface area contributed by atoms with E-state index in [1.807, 2.05) is 11.8 Å². The first-order valence-corrected chi connectivity index (χ1v) is 8.17. The van der Waals surface area contributed by atoms with Gasteiger partial charge in [0.15, 0.2) is 9.84 Å². The number of halogens is 1. The van der Waals surface area contributed by atoms with Crippen LogP contribution in [0.2, 0.25) is 0 Å². The maximum absolute atomic E-state index is 13.9. The molecule has 0 radical (unpaired) electrons. The molecule has 2 N–H and O–H groups in total. The lowest BCUT2D eigenvalue weighted by atomic mass is 10.0. The van der Waals surface area contributed by atoms with Crippen LogP contribution in [0.5, 0.6) is 0 Å². The highest BCUT2D eigenvalue weighted by Crippen LogP contribution is 2.27. The molecule has 1 aromatic carbocycles. The minimum Gasteiger partial charge on any atom is -0.329 e. The summed E-state index contributed by atoms with van der Waals surface area (Å²) in [6, 6.07) is 6.10. The lowest BCUT2D eigenvalue weighted by molar-refractivity contribution is 0.159. The van der Waals surface area contributed by atoms with Gasteiger partial charge in [-0.05, 0) is 13.0 Å². The molecule has 6 heteroatoms. The van der Waals surface area contributed by atoms with Gasteiger partial charge in [-0.2, -0.15) is 0 Å². The zero-order chi connectivity index (χ0) is 14.0. The summed E-state index contributed by atoms with van der Waals surface area (Å²) in [6.07, 6.45) is 0.